The van der Waals surface area contributed by atoms with Crippen molar-refractivity contribution in [3.05, 3.63) is 68.2 Å². The summed E-state index contributed by atoms with van der Waals surface area (Å²) in [7, 11) is 0. The number of fused-ring (bicyclic) bond motifs is 1. The summed E-state index contributed by atoms with van der Waals surface area (Å²) in [5.74, 6) is -0.739. The zero-order valence-electron chi connectivity index (χ0n) is 15.0. The molecule has 8 nitrogen and oxygen atoms in total. The van der Waals surface area contributed by atoms with Gasteiger partial charge >= 0.3 is 5.76 Å². The third kappa shape index (κ3) is 4.22. The van der Waals surface area contributed by atoms with E-state index in [4.69, 9.17) is 4.42 Å². The number of nitrogens with zero attached hydrogens (tertiary/aromatic N) is 2. The lowest BCUT2D eigenvalue weighted by Gasteiger charge is -2.08. The topological polar surface area (TPSA) is 107 Å². The van der Waals surface area contributed by atoms with Gasteiger partial charge in [0.1, 0.15) is 0 Å². The van der Waals surface area contributed by atoms with E-state index < -0.39 is 10.7 Å². The number of amides is 1. The average molecular weight is 369 g/mol. The SMILES string of the molecule is Cc1cc(C)cc(NC(=O)CCCn2c(=O)oc3cc([N+](=O)[O-])ccc32)c1. The molecule has 1 aromatic heterocycles. The molecule has 1 amide bonds. The van der Waals surface area contributed by atoms with Gasteiger partial charge in [-0.3, -0.25) is 19.5 Å². The first-order valence-electron chi connectivity index (χ1n) is 8.49. The van der Waals surface area contributed by atoms with Crippen LogP contribution in [0.2, 0.25) is 0 Å². The second kappa shape index (κ2) is 7.45. The van der Waals surface area contributed by atoms with E-state index >= 15 is 0 Å². The highest BCUT2D eigenvalue weighted by molar-refractivity contribution is 5.90. The van der Waals surface area contributed by atoms with Crippen LogP contribution in [-0.4, -0.2) is 15.4 Å². The molecular weight excluding hydrogens is 350 g/mol. The van der Waals surface area contributed by atoms with E-state index in [-0.39, 0.29) is 30.1 Å². The molecule has 8 heteroatoms. The van der Waals surface area contributed by atoms with Crippen molar-refractivity contribution >= 4 is 28.4 Å². The number of aromatic nitrogens is 1. The van der Waals surface area contributed by atoms with Crippen molar-refractivity contribution in [2.45, 2.75) is 33.2 Å². The van der Waals surface area contributed by atoms with E-state index in [1.807, 2.05) is 32.0 Å². The molecule has 3 aromatic rings. The second-order valence-electron chi connectivity index (χ2n) is 6.46. The van der Waals surface area contributed by atoms with E-state index in [1.54, 1.807) is 0 Å². The normalized spacial score (nSPS) is 10.9. The zero-order chi connectivity index (χ0) is 19.6. The van der Waals surface area contributed by atoms with Crippen LogP contribution >= 0.6 is 0 Å². The molecular formula is C19H19N3O5. The average Bonchev–Trinajstić information content (AvgIpc) is 2.88. The number of nitro benzene ring substituents is 1. The Morgan fingerprint density at radius 2 is 1.89 bits per heavy atom. The van der Waals surface area contributed by atoms with E-state index in [2.05, 4.69) is 5.32 Å². The van der Waals surface area contributed by atoms with Crippen molar-refractivity contribution in [1.82, 2.24) is 4.57 Å². The van der Waals surface area contributed by atoms with Crippen LogP contribution in [0.25, 0.3) is 11.1 Å². The lowest BCUT2D eigenvalue weighted by Crippen LogP contribution is -2.17. The number of rotatable bonds is 6. The van der Waals surface area contributed by atoms with E-state index in [9.17, 15) is 19.7 Å². The number of benzene rings is 2. The Labute approximate surface area is 154 Å². The Bertz CT molecular complexity index is 1060. The minimum absolute atomic E-state index is 0.142. The predicted molar refractivity (Wildman–Crippen MR) is 101 cm³/mol. The number of aryl methyl sites for hydroxylation is 3. The maximum Gasteiger partial charge on any atom is 0.419 e. The molecule has 0 aliphatic rings. The first-order valence-corrected chi connectivity index (χ1v) is 8.49. The molecule has 2 aromatic carbocycles. The van der Waals surface area contributed by atoms with Gasteiger partial charge in [-0.25, -0.2) is 4.79 Å². The number of nitrogens with one attached hydrogen (secondary N) is 1. The van der Waals surface area contributed by atoms with Crippen LogP contribution < -0.4 is 11.1 Å². The fourth-order valence-electron chi connectivity index (χ4n) is 3.05. The molecule has 0 saturated heterocycles. The minimum atomic E-state index is -0.597. The van der Waals surface area contributed by atoms with Gasteiger partial charge < -0.3 is 9.73 Å². The van der Waals surface area contributed by atoms with Crippen LogP contribution in [-0.2, 0) is 11.3 Å². The highest BCUT2D eigenvalue weighted by Gasteiger charge is 2.14. The quantitative estimate of drug-likeness (QED) is 0.528. The smallest absolute Gasteiger partial charge is 0.407 e. The summed E-state index contributed by atoms with van der Waals surface area (Å²) in [5.41, 5.74) is 3.37. The first-order chi connectivity index (χ1) is 12.8. The Balaban J connectivity index is 1.64. The minimum Gasteiger partial charge on any atom is -0.407 e. The standard InChI is InChI=1S/C19H19N3O5/c1-12-8-13(2)10-14(9-12)20-18(23)4-3-7-21-16-6-5-15(22(25)26)11-17(16)27-19(21)24/h5-6,8-11H,3-4,7H2,1-2H3,(H,20,23). The molecule has 1 N–H and O–H groups in total. The summed E-state index contributed by atoms with van der Waals surface area (Å²) in [6.45, 7) is 4.21. The monoisotopic (exact) mass is 369 g/mol. The fourth-order valence-corrected chi connectivity index (χ4v) is 3.05. The predicted octanol–water partition coefficient (Wildman–Crippen LogP) is 3.54. The molecule has 3 rings (SSSR count). The second-order valence-corrected chi connectivity index (χ2v) is 6.46. The van der Waals surface area contributed by atoms with Crippen LogP contribution in [0.4, 0.5) is 11.4 Å². The number of carbonyl (C=O) groups excluding carboxylic acids is 1. The molecule has 0 radical (unpaired) electrons. The van der Waals surface area contributed by atoms with Crippen molar-refractivity contribution in [3.8, 4) is 0 Å². The molecule has 0 fully saturated rings. The molecule has 0 saturated carbocycles. The van der Waals surface area contributed by atoms with Crippen molar-refractivity contribution in [3.63, 3.8) is 0 Å². The maximum atomic E-state index is 12.1. The maximum absolute atomic E-state index is 12.1. The number of nitro groups is 1. The van der Waals surface area contributed by atoms with Gasteiger partial charge in [-0.15, -0.1) is 0 Å². The number of non-ortho nitro benzene ring substituents is 1. The van der Waals surface area contributed by atoms with Crippen LogP contribution in [0.15, 0.2) is 45.6 Å². The van der Waals surface area contributed by atoms with Crippen LogP contribution in [0.3, 0.4) is 0 Å². The summed E-state index contributed by atoms with van der Waals surface area (Å²) in [5, 5.41) is 13.7. The Hall–Kier alpha value is -3.42. The summed E-state index contributed by atoms with van der Waals surface area (Å²) in [6.07, 6.45) is 0.668. The lowest BCUT2D eigenvalue weighted by atomic mass is 10.1. The zero-order valence-corrected chi connectivity index (χ0v) is 15.0. The van der Waals surface area contributed by atoms with Crippen molar-refractivity contribution in [1.29, 1.82) is 0 Å². The highest BCUT2D eigenvalue weighted by Crippen LogP contribution is 2.20. The van der Waals surface area contributed by atoms with Crippen LogP contribution in [0.1, 0.15) is 24.0 Å². The molecule has 1 heterocycles. The van der Waals surface area contributed by atoms with Gasteiger partial charge in [-0.2, -0.15) is 0 Å². The van der Waals surface area contributed by atoms with Crippen molar-refractivity contribution in [2.75, 3.05) is 5.32 Å². The number of carbonyl (C=O) groups is 1. The van der Waals surface area contributed by atoms with Crippen molar-refractivity contribution in [2.24, 2.45) is 0 Å². The third-order valence-electron chi connectivity index (χ3n) is 4.15. The Kier molecular flexibility index (Phi) is 5.07. The number of anilines is 1. The largest absolute Gasteiger partial charge is 0.419 e. The van der Waals surface area contributed by atoms with Gasteiger partial charge in [0.05, 0.1) is 16.5 Å². The summed E-state index contributed by atoms with van der Waals surface area (Å²) in [4.78, 5) is 34.4. The van der Waals surface area contributed by atoms with E-state index in [0.717, 1.165) is 16.8 Å². The summed E-state index contributed by atoms with van der Waals surface area (Å²) in [6, 6.07) is 9.84. The molecule has 0 atom stereocenters. The first kappa shape index (κ1) is 18.4. The lowest BCUT2D eigenvalue weighted by molar-refractivity contribution is -0.384. The number of hydrogen-bond donors (Lipinski definition) is 1. The molecule has 0 unspecified atom stereocenters. The molecule has 0 spiro atoms. The molecule has 0 aliphatic carbocycles. The Morgan fingerprint density at radius 3 is 2.56 bits per heavy atom. The van der Waals surface area contributed by atoms with Gasteiger partial charge in [-0.1, -0.05) is 6.07 Å². The highest BCUT2D eigenvalue weighted by atomic mass is 16.6. The van der Waals surface area contributed by atoms with Gasteiger partial charge in [0, 0.05) is 24.7 Å². The van der Waals surface area contributed by atoms with Gasteiger partial charge in [-0.05, 0) is 49.6 Å². The van der Waals surface area contributed by atoms with E-state index in [0.29, 0.717) is 11.9 Å². The molecule has 0 aliphatic heterocycles. The number of hydrogen-bond acceptors (Lipinski definition) is 5. The third-order valence-corrected chi connectivity index (χ3v) is 4.15. The molecule has 0 bridgehead atoms. The molecule has 140 valence electrons. The molecule has 27 heavy (non-hydrogen) atoms. The van der Waals surface area contributed by atoms with Crippen molar-refractivity contribution < 1.29 is 14.1 Å². The van der Waals surface area contributed by atoms with Gasteiger partial charge in [0.2, 0.25) is 5.91 Å². The van der Waals surface area contributed by atoms with Gasteiger partial charge in [0.15, 0.2) is 5.58 Å². The Morgan fingerprint density at radius 1 is 1.19 bits per heavy atom. The van der Waals surface area contributed by atoms with Crippen LogP contribution in [0.5, 0.6) is 0 Å². The fraction of sp³-hybridized carbons (Fsp3) is 0.263. The van der Waals surface area contributed by atoms with Gasteiger partial charge in [0.25, 0.3) is 5.69 Å². The van der Waals surface area contributed by atoms with Crippen LogP contribution in [0, 0.1) is 24.0 Å². The van der Waals surface area contributed by atoms with E-state index in [1.165, 1.54) is 22.8 Å². The number of oxazole rings is 1. The summed E-state index contributed by atoms with van der Waals surface area (Å²) >= 11 is 0. The summed E-state index contributed by atoms with van der Waals surface area (Å²) < 4.78 is 6.45.